The molecular formula is C14H18N2O3. The van der Waals surface area contributed by atoms with Crippen LogP contribution in [0.5, 0.6) is 11.5 Å². The van der Waals surface area contributed by atoms with Crippen LogP contribution in [0.15, 0.2) is 28.8 Å². The normalized spacial score (nSPS) is 12.2. The molecule has 1 heterocycles. The minimum absolute atomic E-state index is 0.0706. The van der Waals surface area contributed by atoms with Crippen LogP contribution in [0, 0.1) is 0 Å². The first-order valence-corrected chi connectivity index (χ1v) is 6.04. The average molecular weight is 262 g/mol. The Kier molecular flexibility index (Phi) is 4.06. The van der Waals surface area contributed by atoms with E-state index in [1.807, 2.05) is 32.2 Å². The molecule has 0 aliphatic heterocycles. The number of hydrogen-bond donors (Lipinski definition) is 1. The molecule has 0 bridgehead atoms. The maximum Gasteiger partial charge on any atom is 0.211 e. The first-order chi connectivity index (χ1) is 9.17. The predicted molar refractivity (Wildman–Crippen MR) is 72.5 cm³/mol. The lowest BCUT2D eigenvalue weighted by atomic mass is 10.1. The van der Waals surface area contributed by atoms with Crippen LogP contribution in [0.2, 0.25) is 0 Å². The second-order valence-corrected chi connectivity index (χ2v) is 4.17. The summed E-state index contributed by atoms with van der Waals surface area (Å²) in [6, 6.07) is 5.66. The number of nitrogens with zero attached hydrogens (tertiary/aromatic N) is 1. The number of methoxy groups -OCH3 is 2. The van der Waals surface area contributed by atoms with Gasteiger partial charge in [0.1, 0.15) is 11.5 Å². The summed E-state index contributed by atoms with van der Waals surface area (Å²) in [6.07, 6.45) is 1.71. The maximum atomic E-state index is 5.74. The van der Waals surface area contributed by atoms with Crippen LogP contribution in [0.1, 0.15) is 18.9 Å². The summed E-state index contributed by atoms with van der Waals surface area (Å²) in [5, 5.41) is 3.09. The van der Waals surface area contributed by atoms with E-state index in [1.165, 1.54) is 0 Å². The van der Waals surface area contributed by atoms with Crippen molar-refractivity contribution in [2.45, 2.75) is 13.0 Å². The van der Waals surface area contributed by atoms with Crippen LogP contribution in [0.25, 0.3) is 11.3 Å². The Bertz CT molecular complexity index is 529. The molecule has 1 aromatic heterocycles. The molecule has 0 radical (unpaired) electrons. The first-order valence-electron chi connectivity index (χ1n) is 6.04. The lowest BCUT2D eigenvalue weighted by Gasteiger charge is -2.07. The lowest BCUT2D eigenvalue weighted by Crippen LogP contribution is -2.12. The lowest BCUT2D eigenvalue weighted by molar-refractivity contribution is 0.394. The molecule has 5 heteroatoms. The zero-order valence-corrected chi connectivity index (χ0v) is 11.6. The third-order valence-corrected chi connectivity index (χ3v) is 2.96. The quantitative estimate of drug-likeness (QED) is 0.897. The van der Waals surface area contributed by atoms with Crippen LogP contribution in [-0.4, -0.2) is 26.3 Å². The van der Waals surface area contributed by atoms with E-state index >= 15 is 0 Å². The van der Waals surface area contributed by atoms with Crippen molar-refractivity contribution in [3.05, 3.63) is 30.3 Å². The Morgan fingerprint density at radius 1 is 1.16 bits per heavy atom. The van der Waals surface area contributed by atoms with Gasteiger partial charge in [-0.15, -0.1) is 0 Å². The third kappa shape index (κ3) is 2.88. The summed E-state index contributed by atoms with van der Waals surface area (Å²) < 4.78 is 16.2. The van der Waals surface area contributed by atoms with Crippen LogP contribution < -0.4 is 14.8 Å². The van der Waals surface area contributed by atoms with Crippen LogP contribution >= 0.6 is 0 Å². The van der Waals surface area contributed by atoms with Crippen molar-refractivity contribution in [1.82, 2.24) is 10.3 Å². The highest BCUT2D eigenvalue weighted by Gasteiger charge is 2.13. The molecule has 1 N–H and O–H groups in total. The van der Waals surface area contributed by atoms with Gasteiger partial charge in [0.25, 0.3) is 0 Å². The third-order valence-electron chi connectivity index (χ3n) is 2.96. The van der Waals surface area contributed by atoms with Crippen LogP contribution in [-0.2, 0) is 0 Å². The fraction of sp³-hybridized carbons (Fsp3) is 0.357. The molecule has 0 fully saturated rings. The highest BCUT2D eigenvalue weighted by Crippen LogP contribution is 2.30. The molecule has 5 nitrogen and oxygen atoms in total. The predicted octanol–water partition coefficient (Wildman–Crippen LogP) is 2.64. The molecular weight excluding hydrogens is 244 g/mol. The molecule has 1 atom stereocenters. The van der Waals surface area contributed by atoms with Crippen LogP contribution in [0.4, 0.5) is 0 Å². The second-order valence-electron chi connectivity index (χ2n) is 4.17. The first kappa shape index (κ1) is 13.4. The van der Waals surface area contributed by atoms with E-state index < -0.39 is 0 Å². The summed E-state index contributed by atoms with van der Waals surface area (Å²) >= 11 is 0. The summed E-state index contributed by atoms with van der Waals surface area (Å²) in [5.41, 5.74) is 0.873. The number of ether oxygens (including phenoxy) is 2. The summed E-state index contributed by atoms with van der Waals surface area (Å²) in [4.78, 5) is 4.26. The molecule has 0 aliphatic carbocycles. The smallest absolute Gasteiger partial charge is 0.211 e. The number of oxazole rings is 1. The highest BCUT2D eigenvalue weighted by atomic mass is 16.5. The summed E-state index contributed by atoms with van der Waals surface area (Å²) in [7, 11) is 5.10. The zero-order valence-electron chi connectivity index (χ0n) is 11.6. The van der Waals surface area contributed by atoms with Gasteiger partial charge in [-0.1, -0.05) is 0 Å². The van der Waals surface area contributed by atoms with Gasteiger partial charge in [0.05, 0.1) is 26.5 Å². The molecule has 1 aromatic carbocycles. The van der Waals surface area contributed by atoms with Crippen molar-refractivity contribution in [3.63, 3.8) is 0 Å². The van der Waals surface area contributed by atoms with E-state index in [2.05, 4.69) is 10.3 Å². The standard InChI is InChI=1S/C14H18N2O3/c1-9(15-2)14-16-8-13(19-14)10-5-11(17-3)7-12(6-10)18-4/h5-9,15H,1-4H3. The van der Waals surface area contributed by atoms with E-state index in [4.69, 9.17) is 13.9 Å². The van der Waals surface area contributed by atoms with Crippen molar-refractivity contribution in [2.75, 3.05) is 21.3 Å². The highest BCUT2D eigenvalue weighted by molar-refractivity contribution is 5.62. The molecule has 0 spiro atoms. The van der Waals surface area contributed by atoms with E-state index in [0.717, 1.165) is 5.56 Å². The number of hydrogen-bond acceptors (Lipinski definition) is 5. The Labute approximate surface area is 112 Å². The minimum Gasteiger partial charge on any atom is -0.497 e. The van der Waals surface area contributed by atoms with Crippen LogP contribution in [0.3, 0.4) is 0 Å². The Hall–Kier alpha value is -2.01. The molecule has 0 amide bonds. The van der Waals surface area contributed by atoms with Gasteiger partial charge in [-0.05, 0) is 26.1 Å². The van der Waals surface area contributed by atoms with E-state index in [0.29, 0.717) is 23.1 Å². The van der Waals surface area contributed by atoms with Gasteiger partial charge in [-0.3, -0.25) is 0 Å². The molecule has 0 aliphatic rings. The maximum absolute atomic E-state index is 5.74. The fourth-order valence-corrected chi connectivity index (χ4v) is 1.69. The summed E-state index contributed by atoms with van der Waals surface area (Å²) in [6.45, 7) is 1.99. The van der Waals surface area contributed by atoms with Crippen molar-refractivity contribution < 1.29 is 13.9 Å². The zero-order chi connectivity index (χ0) is 13.8. The summed E-state index contributed by atoms with van der Waals surface area (Å²) in [5.74, 6) is 2.77. The number of nitrogens with one attached hydrogen (secondary N) is 1. The van der Waals surface area contributed by atoms with E-state index in [1.54, 1.807) is 20.4 Å². The minimum atomic E-state index is 0.0706. The molecule has 1 unspecified atom stereocenters. The number of aromatic nitrogens is 1. The number of rotatable bonds is 5. The van der Waals surface area contributed by atoms with Gasteiger partial charge < -0.3 is 19.2 Å². The molecule has 102 valence electrons. The molecule has 2 rings (SSSR count). The fourth-order valence-electron chi connectivity index (χ4n) is 1.69. The van der Waals surface area contributed by atoms with Gasteiger partial charge in [0.15, 0.2) is 5.76 Å². The molecule has 0 saturated heterocycles. The Morgan fingerprint density at radius 3 is 2.32 bits per heavy atom. The topological polar surface area (TPSA) is 56.5 Å². The monoisotopic (exact) mass is 262 g/mol. The van der Waals surface area contributed by atoms with Gasteiger partial charge in [-0.2, -0.15) is 0 Å². The van der Waals surface area contributed by atoms with Gasteiger partial charge in [-0.25, -0.2) is 4.98 Å². The molecule has 0 saturated carbocycles. The largest absolute Gasteiger partial charge is 0.497 e. The Morgan fingerprint density at radius 2 is 1.79 bits per heavy atom. The Balaban J connectivity index is 2.37. The van der Waals surface area contributed by atoms with Gasteiger partial charge in [0, 0.05) is 11.6 Å². The van der Waals surface area contributed by atoms with E-state index in [-0.39, 0.29) is 6.04 Å². The molecule has 2 aromatic rings. The van der Waals surface area contributed by atoms with Crippen molar-refractivity contribution in [3.8, 4) is 22.8 Å². The number of benzene rings is 1. The molecule has 19 heavy (non-hydrogen) atoms. The second kappa shape index (κ2) is 5.75. The average Bonchev–Trinajstić information content (AvgIpc) is 2.95. The van der Waals surface area contributed by atoms with Crippen molar-refractivity contribution >= 4 is 0 Å². The SMILES string of the molecule is CNC(C)c1ncc(-c2cc(OC)cc(OC)c2)o1. The van der Waals surface area contributed by atoms with Crippen molar-refractivity contribution in [2.24, 2.45) is 0 Å². The van der Waals surface area contributed by atoms with E-state index in [9.17, 15) is 0 Å². The van der Waals surface area contributed by atoms with Crippen molar-refractivity contribution in [1.29, 1.82) is 0 Å². The van der Waals surface area contributed by atoms with Gasteiger partial charge in [0.2, 0.25) is 5.89 Å². The van der Waals surface area contributed by atoms with Gasteiger partial charge >= 0.3 is 0 Å².